The van der Waals surface area contributed by atoms with Crippen molar-refractivity contribution in [2.75, 3.05) is 12.8 Å². The number of anilines is 1. The summed E-state index contributed by atoms with van der Waals surface area (Å²) < 4.78 is 12.1. The minimum Gasteiger partial charge on any atom is -0.493 e. The summed E-state index contributed by atoms with van der Waals surface area (Å²) in [6, 6.07) is 5.34. The van der Waals surface area contributed by atoms with Gasteiger partial charge >= 0.3 is 0 Å². The number of nitrogens with two attached hydrogens (primary N) is 1. The topological polar surface area (TPSA) is 130 Å². The van der Waals surface area contributed by atoms with E-state index >= 15 is 0 Å². The highest BCUT2D eigenvalue weighted by Crippen LogP contribution is 2.28. The maximum absolute atomic E-state index is 11.7. The van der Waals surface area contributed by atoms with Gasteiger partial charge < -0.3 is 15.2 Å². The molecule has 0 atom stereocenters. The predicted octanol–water partition coefficient (Wildman–Crippen LogP) is 0.201. The van der Waals surface area contributed by atoms with Crippen LogP contribution in [0.15, 0.2) is 23.3 Å². The van der Waals surface area contributed by atoms with E-state index in [0.29, 0.717) is 11.5 Å². The summed E-state index contributed by atoms with van der Waals surface area (Å²) in [5.74, 6) is 0.875. The van der Waals surface area contributed by atoms with Gasteiger partial charge in [0.05, 0.1) is 19.4 Å². The van der Waals surface area contributed by atoms with E-state index in [1.807, 2.05) is 13.8 Å². The van der Waals surface area contributed by atoms with Gasteiger partial charge in [-0.3, -0.25) is 4.79 Å². The van der Waals surface area contributed by atoms with Gasteiger partial charge in [-0.25, -0.2) is 10.1 Å². The summed E-state index contributed by atoms with van der Waals surface area (Å²) in [7, 11) is 1.56. The second-order valence-electron chi connectivity index (χ2n) is 5.06. The number of nitrogens with zero attached hydrogens (tertiary/aromatic N) is 5. The molecule has 0 aliphatic heterocycles. The van der Waals surface area contributed by atoms with Crippen LogP contribution in [0.3, 0.4) is 0 Å². The number of benzene rings is 1. The Hall–Kier alpha value is -3.17. The number of hydrogen-bond donors (Lipinski definition) is 2. The Morgan fingerprint density at radius 1 is 1.46 bits per heavy atom. The highest BCUT2D eigenvalue weighted by molar-refractivity contribution is 5.83. The van der Waals surface area contributed by atoms with E-state index in [0.717, 1.165) is 10.2 Å². The van der Waals surface area contributed by atoms with Gasteiger partial charge in [0.1, 0.15) is 6.54 Å². The van der Waals surface area contributed by atoms with Crippen LogP contribution in [0.5, 0.6) is 11.5 Å². The van der Waals surface area contributed by atoms with Gasteiger partial charge in [-0.15, -0.1) is 0 Å². The van der Waals surface area contributed by atoms with Crippen LogP contribution in [0.1, 0.15) is 19.4 Å². The van der Waals surface area contributed by atoms with Crippen molar-refractivity contribution < 1.29 is 14.3 Å². The molecule has 0 fully saturated rings. The summed E-state index contributed by atoms with van der Waals surface area (Å²) >= 11 is 0. The van der Waals surface area contributed by atoms with Crippen LogP contribution in [0.2, 0.25) is 0 Å². The molecular weight excluding hydrogens is 314 g/mol. The number of aromatic nitrogens is 4. The third kappa shape index (κ3) is 4.66. The molecule has 2 aromatic rings. The number of hydrogen-bond acceptors (Lipinski definition) is 8. The van der Waals surface area contributed by atoms with E-state index in [9.17, 15) is 4.79 Å². The number of carbonyl (C=O) groups excluding carboxylic acids is 1. The van der Waals surface area contributed by atoms with E-state index in [4.69, 9.17) is 15.2 Å². The molecule has 0 saturated heterocycles. The third-order valence-electron chi connectivity index (χ3n) is 2.81. The zero-order chi connectivity index (χ0) is 17.5. The average Bonchev–Trinajstić information content (AvgIpc) is 2.93. The van der Waals surface area contributed by atoms with Gasteiger partial charge in [-0.05, 0) is 48.0 Å². The standard InChI is InChI=1S/C14H19N7O3/c1-9(2)24-11-5-4-10(6-12(11)23-3)7-16-17-13(22)8-21-14(15)18-19-20-21/h4-7,9H,8H2,1-3H3,(H,17,22)(H2,15,18,20)/b16-7+. The smallest absolute Gasteiger partial charge is 0.261 e. The Morgan fingerprint density at radius 3 is 2.88 bits per heavy atom. The van der Waals surface area contributed by atoms with Crippen LogP contribution in [0, 0.1) is 0 Å². The first-order valence-corrected chi connectivity index (χ1v) is 7.18. The number of ether oxygens (including phenoxy) is 2. The molecular formula is C14H19N7O3. The van der Waals surface area contributed by atoms with Crippen LogP contribution < -0.4 is 20.6 Å². The van der Waals surface area contributed by atoms with Crippen LogP contribution in [0.25, 0.3) is 0 Å². The maximum atomic E-state index is 11.7. The Balaban J connectivity index is 1.96. The lowest BCUT2D eigenvalue weighted by molar-refractivity contribution is -0.121. The molecule has 0 saturated carbocycles. The first-order chi connectivity index (χ1) is 11.5. The second-order valence-corrected chi connectivity index (χ2v) is 5.06. The quantitative estimate of drug-likeness (QED) is 0.547. The van der Waals surface area contributed by atoms with Crippen LogP contribution in [-0.2, 0) is 11.3 Å². The van der Waals surface area contributed by atoms with Crippen LogP contribution >= 0.6 is 0 Å². The molecule has 0 spiro atoms. The fourth-order valence-electron chi connectivity index (χ4n) is 1.79. The normalized spacial score (nSPS) is 11.0. The summed E-state index contributed by atoms with van der Waals surface area (Å²) in [5.41, 5.74) is 8.58. The van der Waals surface area contributed by atoms with Crippen LogP contribution in [-0.4, -0.2) is 45.5 Å². The van der Waals surface area contributed by atoms with E-state index in [-0.39, 0.29) is 18.6 Å². The number of rotatable bonds is 7. The van der Waals surface area contributed by atoms with Gasteiger partial charge in [-0.2, -0.15) is 5.10 Å². The van der Waals surface area contributed by atoms with Gasteiger partial charge in [0.2, 0.25) is 5.95 Å². The molecule has 0 aliphatic rings. The lowest BCUT2D eigenvalue weighted by Crippen LogP contribution is -2.24. The molecule has 10 heteroatoms. The van der Waals surface area contributed by atoms with E-state index in [1.54, 1.807) is 25.3 Å². The Labute approximate surface area is 138 Å². The minimum atomic E-state index is -0.406. The minimum absolute atomic E-state index is 0.0383. The third-order valence-corrected chi connectivity index (χ3v) is 2.81. The van der Waals surface area contributed by atoms with Crippen molar-refractivity contribution in [2.45, 2.75) is 26.5 Å². The van der Waals surface area contributed by atoms with Gasteiger partial charge in [0.25, 0.3) is 5.91 Å². The van der Waals surface area contributed by atoms with Gasteiger partial charge in [-0.1, -0.05) is 5.10 Å². The largest absolute Gasteiger partial charge is 0.493 e. The maximum Gasteiger partial charge on any atom is 0.261 e. The number of amides is 1. The van der Waals surface area contributed by atoms with Gasteiger partial charge in [0.15, 0.2) is 11.5 Å². The number of tetrazole rings is 1. The molecule has 3 N–H and O–H groups in total. The highest BCUT2D eigenvalue weighted by atomic mass is 16.5. The highest BCUT2D eigenvalue weighted by Gasteiger charge is 2.08. The monoisotopic (exact) mass is 333 g/mol. The number of nitrogen functional groups attached to an aromatic ring is 1. The number of hydrazone groups is 1. The molecule has 24 heavy (non-hydrogen) atoms. The Kier molecular flexibility index (Phi) is 5.66. The number of nitrogens with one attached hydrogen (secondary N) is 1. The predicted molar refractivity (Wildman–Crippen MR) is 86.7 cm³/mol. The van der Waals surface area contributed by atoms with Crippen molar-refractivity contribution >= 4 is 18.1 Å². The van der Waals surface area contributed by atoms with E-state index in [2.05, 4.69) is 26.1 Å². The second kappa shape index (κ2) is 7.90. The van der Waals surface area contributed by atoms with Crippen molar-refractivity contribution in [3.63, 3.8) is 0 Å². The van der Waals surface area contributed by atoms with Crippen molar-refractivity contribution in [1.82, 2.24) is 25.6 Å². The van der Waals surface area contributed by atoms with E-state index in [1.165, 1.54) is 6.21 Å². The fraction of sp³-hybridized carbons (Fsp3) is 0.357. The summed E-state index contributed by atoms with van der Waals surface area (Å²) in [4.78, 5) is 11.7. The van der Waals surface area contributed by atoms with Crippen molar-refractivity contribution in [3.8, 4) is 11.5 Å². The fourth-order valence-corrected chi connectivity index (χ4v) is 1.79. The van der Waals surface area contributed by atoms with Crippen molar-refractivity contribution in [2.24, 2.45) is 5.10 Å². The molecule has 10 nitrogen and oxygen atoms in total. The molecule has 1 amide bonds. The Morgan fingerprint density at radius 2 is 2.25 bits per heavy atom. The lowest BCUT2D eigenvalue weighted by atomic mass is 10.2. The molecule has 128 valence electrons. The number of carbonyl (C=O) groups is 1. The summed E-state index contributed by atoms with van der Waals surface area (Å²) in [6.45, 7) is 3.74. The zero-order valence-electron chi connectivity index (χ0n) is 13.6. The first-order valence-electron chi connectivity index (χ1n) is 7.18. The lowest BCUT2D eigenvalue weighted by Gasteiger charge is -2.13. The molecule has 0 aliphatic carbocycles. The van der Waals surface area contributed by atoms with Crippen LogP contribution in [0.4, 0.5) is 5.95 Å². The molecule has 2 rings (SSSR count). The molecule has 0 bridgehead atoms. The summed E-state index contributed by atoms with van der Waals surface area (Å²) in [6.07, 6.45) is 1.53. The SMILES string of the molecule is COc1cc(/C=N/NC(=O)Cn2nnnc2N)ccc1OC(C)C. The van der Waals surface area contributed by atoms with Crippen molar-refractivity contribution in [1.29, 1.82) is 0 Å². The molecule has 0 radical (unpaired) electrons. The number of methoxy groups -OCH3 is 1. The first kappa shape index (κ1) is 17.2. The van der Waals surface area contributed by atoms with Crippen molar-refractivity contribution in [3.05, 3.63) is 23.8 Å². The van der Waals surface area contributed by atoms with Gasteiger partial charge in [0, 0.05) is 0 Å². The Bertz CT molecular complexity index is 727. The molecule has 1 heterocycles. The van der Waals surface area contributed by atoms with E-state index < -0.39 is 5.91 Å². The summed E-state index contributed by atoms with van der Waals surface area (Å²) in [5, 5.41) is 14.3. The molecule has 1 aromatic heterocycles. The molecule has 1 aromatic carbocycles. The average molecular weight is 333 g/mol. The zero-order valence-corrected chi connectivity index (χ0v) is 13.6. The molecule has 0 unspecified atom stereocenters.